The summed E-state index contributed by atoms with van der Waals surface area (Å²) >= 11 is 0. The molecule has 0 saturated heterocycles. The van der Waals surface area contributed by atoms with E-state index in [4.69, 9.17) is 0 Å². The van der Waals surface area contributed by atoms with Crippen LogP contribution in [0.5, 0.6) is 0 Å². The van der Waals surface area contributed by atoms with E-state index in [0.717, 1.165) is 27.9 Å². The lowest BCUT2D eigenvalue weighted by Gasteiger charge is -2.19. The van der Waals surface area contributed by atoms with Gasteiger partial charge >= 0.3 is 0 Å². The Bertz CT molecular complexity index is 762. The van der Waals surface area contributed by atoms with Gasteiger partial charge in [0.05, 0.1) is 5.69 Å². The fraction of sp³-hybridized carbons (Fsp3) is 0.364. The summed E-state index contributed by atoms with van der Waals surface area (Å²) < 4.78 is 0. The highest BCUT2D eigenvalue weighted by Crippen LogP contribution is 2.25. The van der Waals surface area contributed by atoms with Crippen molar-refractivity contribution in [2.75, 3.05) is 0 Å². The van der Waals surface area contributed by atoms with Gasteiger partial charge in [-0.15, -0.1) is 0 Å². The first-order chi connectivity index (χ1) is 11.2. The van der Waals surface area contributed by atoms with Crippen molar-refractivity contribution in [3.05, 3.63) is 64.2 Å². The Morgan fingerprint density at radius 1 is 1.04 bits per heavy atom. The van der Waals surface area contributed by atoms with Crippen LogP contribution >= 0.6 is 0 Å². The van der Waals surface area contributed by atoms with Crippen LogP contribution < -0.4 is 0 Å². The topological polar surface area (TPSA) is 29.4 Å². The molecule has 2 aromatic carbocycles. The summed E-state index contributed by atoms with van der Waals surface area (Å²) in [5, 5.41) is 0. The van der Waals surface area contributed by atoms with Crippen LogP contribution in [0.2, 0.25) is 0 Å². The van der Waals surface area contributed by atoms with Crippen LogP contribution in [-0.2, 0) is 11.8 Å². The van der Waals surface area contributed by atoms with E-state index in [9.17, 15) is 4.79 Å². The van der Waals surface area contributed by atoms with Gasteiger partial charge in [0.1, 0.15) is 0 Å². The predicted octanol–water partition coefficient (Wildman–Crippen LogP) is 5.75. The summed E-state index contributed by atoms with van der Waals surface area (Å²) in [6.45, 7) is 12.5. The summed E-state index contributed by atoms with van der Waals surface area (Å²) in [6, 6.07) is 12.3. The Morgan fingerprint density at radius 3 is 2.21 bits per heavy atom. The monoisotopic (exact) mass is 321 g/mol. The molecule has 0 aromatic heterocycles. The van der Waals surface area contributed by atoms with Crippen molar-refractivity contribution in [3.8, 4) is 0 Å². The van der Waals surface area contributed by atoms with Crippen molar-refractivity contribution in [3.63, 3.8) is 0 Å². The second-order valence-corrected chi connectivity index (χ2v) is 7.39. The van der Waals surface area contributed by atoms with Gasteiger partial charge in [0.2, 0.25) is 0 Å². The molecule has 0 saturated carbocycles. The summed E-state index contributed by atoms with van der Waals surface area (Å²) in [7, 11) is 0. The first-order valence-corrected chi connectivity index (χ1v) is 8.45. The van der Waals surface area contributed by atoms with Crippen LogP contribution in [-0.4, -0.2) is 12.0 Å². The number of hydrogen-bond donors (Lipinski definition) is 0. The van der Waals surface area contributed by atoms with Gasteiger partial charge in [-0.05, 0) is 60.6 Å². The maximum absolute atomic E-state index is 12.7. The van der Waals surface area contributed by atoms with E-state index in [1.165, 1.54) is 5.56 Å². The van der Waals surface area contributed by atoms with Gasteiger partial charge in [-0.2, -0.15) is 0 Å². The molecule has 0 N–H and O–H groups in total. The van der Waals surface area contributed by atoms with Crippen LogP contribution in [0.3, 0.4) is 0 Å². The molecule has 0 spiro atoms. The van der Waals surface area contributed by atoms with Crippen molar-refractivity contribution in [2.45, 2.75) is 53.4 Å². The van der Waals surface area contributed by atoms with Crippen molar-refractivity contribution in [2.24, 2.45) is 4.99 Å². The third kappa shape index (κ3) is 4.19. The molecule has 2 aromatic rings. The second kappa shape index (κ2) is 7.12. The Hall–Kier alpha value is -2.22. The number of aryl methyl sites for hydroxylation is 2. The molecule has 24 heavy (non-hydrogen) atoms. The third-order valence-corrected chi connectivity index (χ3v) is 4.30. The van der Waals surface area contributed by atoms with Crippen molar-refractivity contribution in [1.29, 1.82) is 0 Å². The molecule has 0 aliphatic carbocycles. The number of nitrogens with zero attached hydrogens (tertiary/aromatic N) is 1. The second-order valence-electron chi connectivity index (χ2n) is 7.39. The molecule has 0 bridgehead atoms. The molecule has 0 atom stereocenters. The molecule has 0 amide bonds. The Kier molecular flexibility index (Phi) is 5.38. The molecular formula is C22H27NO. The predicted molar refractivity (Wildman–Crippen MR) is 103 cm³/mol. The molecule has 2 nitrogen and oxygen atoms in total. The first-order valence-electron chi connectivity index (χ1n) is 8.45. The first kappa shape index (κ1) is 18.1. The number of ketones is 1. The largest absolute Gasteiger partial charge is 0.294 e. The minimum Gasteiger partial charge on any atom is -0.294 e. The zero-order valence-corrected chi connectivity index (χ0v) is 15.6. The standard InChI is InChI=1S/C22H27NO/c1-7-23-20-13-15(2)19(12-16(20)3)21(24)14-17-8-10-18(11-9-17)22(4,5)6/h7-13H,14H2,1-6H3. The maximum Gasteiger partial charge on any atom is 0.167 e. The number of rotatable bonds is 4. The number of Topliss-reactive ketones (excluding diaryl/α,β-unsaturated/α-hetero) is 1. The van der Waals surface area contributed by atoms with E-state index >= 15 is 0 Å². The lowest BCUT2D eigenvalue weighted by Crippen LogP contribution is -2.11. The van der Waals surface area contributed by atoms with Crippen LogP contribution in [0.25, 0.3) is 0 Å². The van der Waals surface area contributed by atoms with E-state index < -0.39 is 0 Å². The molecule has 126 valence electrons. The SMILES string of the molecule is CC=Nc1cc(C)c(C(=O)Cc2ccc(C(C)(C)C)cc2)cc1C. The average Bonchev–Trinajstić information content (AvgIpc) is 2.50. The fourth-order valence-electron chi connectivity index (χ4n) is 2.78. The molecule has 2 heteroatoms. The van der Waals surface area contributed by atoms with Crippen LogP contribution in [0.4, 0.5) is 5.69 Å². The zero-order valence-electron chi connectivity index (χ0n) is 15.6. The van der Waals surface area contributed by atoms with Crippen molar-refractivity contribution < 1.29 is 4.79 Å². The number of hydrogen-bond acceptors (Lipinski definition) is 2. The van der Waals surface area contributed by atoms with Crippen molar-refractivity contribution >= 4 is 17.7 Å². The Balaban J connectivity index is 2.22. The lowest BCUT2D eigenvalue weighted by molar-refractivity contribution is 0.0992. The van der Waals surface area contributed by atoms with Crippen LogP contribution in [0.1, 0.15) is 60.3 Å². The summed E-state index contributed by atoms with van der Waals surface area (Å²) in [6.07, 6.45) is 2.21. The minimum atomic E-state index is 0.131. The molecule has 0 unspecified atom stereocenters. The summed E-state index contributed by atoms with van der Waals surface area (Å²) in [4.78, 5) is 17.0. The molecular weight excluding hydrogens is 294 g/mol. The van der Waals surface area contributed by atoms with Crippen LogP contribution in [0, 0.1) is 13.8 Å². The van der Waals surface area contributed by atoms with E-state index in [2.05, 4.69) is 50.0 Å². The number of aliphatic imine (C=N–C) groups is 1. The Labute approximate surface area is 145 Å². The van der Waals surface area contributed by atoms with E-state index in [0.29, 0.717) is 6.42 Å². The summed E-state index contributed by atoms with van der Waals surface area (Å²) in [5.41, 5.74) is 6.21. The smallest absolute Gasteiger partial charge is 0.167 e. The molecule has 2 rings (SSSR count). The summed E-state index contributed by atoms with van der Waals surface area (Å²) in [5.74, 6) is 0.158. The number of carbonyl (C=O) groups is 1. The number of benzene rings is 2. The highest BCUT2D eigenvalue weighted by atomic mass is 16.1. The molecule has 0 radical (unpaired) electrons. The quantitative estimate of drug-likeness (QED) is 0.521. The third-order valence-electron chi connectivity index (χ3n) is 4.30. The normalized spacial score (nSPS) is 11.9. The fourth-order valence-corrected chi connectivity index (χ4v) is 2.78. The molecule has 0 fully saturated rings. The zero-order chi connectivity index (χ0) is 17.9. The Morgan fingerprint density at radius 2 is 1.67 bits per heavy atom. The molecule has 0 aliphatic rings. The van der Waals surface area contributed by atoms with Gasteiger partial charge in [-0.1, -0.05) is 45.0 Å². The van der Waals surface area contributed by atoms with E-state index in [-0.39, 0.29) is 11.2 Å². The number of carbonyl (C=O) groups excluding carboxylic acids is 1. The lowest BCUT2D eigenvalue weighted by atomic mass is 9.86. The maximum atomic E-state index is 12.7. The molecule has 0 aliphatic heterocycles. The van der Waals surface area contributed by atoms with Gasteiger partial charge < -0.3 is 0 Å². The van der Waals surface area contributed by atoms with Gasteiger partial charge in [-0.25, -0.2) is 0 Å². The van der Waals surface area contributed by atoms with E-state index in [1.54, 1.807) is 6.21 Å². The van der Waals surface area contributed by atoms with Crippen LogP contribution in [0.15, 0.2) is 41.4 Å². The highest BCUT2D eigenvalue weighted by Gasteiger charge is 2.15. The van der Waals surface area contributed by atoms with Crippen molar-refractivity contribution in [1.82, 2.24) is 0 Å². The highest BCUT2D eigenvalue weighted by molar-refractivity contribution is 5.99. The van der Waals surface area contributed by atoms with Gasteiger partial charge in [0, 0.05) is 18.2 Å². The average molecular weight is 321 g/mol. The minimum absolute atomic E-state index is 0.131. The van der Waals surface area contributed by atoms with Gasteiger partial charge in [0.25, 0.3) is 0 Å². The van der Waals surface area contributed by atoms with E-state index in [1.807, 2.05) is 32.9 Å². The van der Waals surface area contributed by atoms with Gasteiger partial charge in [-0.3, -0.25) is 9.79 Å². The molecule has 0 heterocycles. The van der Waals surface area contributed by atoms with Gasteiger partial charge in [0.15, 0.2) is 5.78 Å².